The third-order valence-corrected chi connectivity index (χ3v) is 5.45. The Morgan fingerprint density at radius 2 is 1.50 bits per heavy atom. The van der Waals surface area contributed by atoms with Crippen LogP contribution in [0.15, 0.2) is 61.6 Å². The van der Waals surface area contributed by atoms with Gasteiger partial charge in [0.1, 0.15) is 0 Å². The summed E-state index contributed by atoms with van der Waals surface area (Å²) in [4.78, 5) is 1.38. The van der Waals surface area contributed by atoms with E-state index in [1.54, 1.807) is 0 Å². The molecule has 0 nitrogen and oxygen atoms in total. The first-order chi connectivity index (χ1) is 9.69. The van der Waals surface area contributed by atoms with Crippen molar-refractivity contribution in [1.82, 2.24) is 0 Å². The minimum atomic E-state index is 0.912. The van der Waals surface area contributed by atoms with Crippen LogP contribution in [0.5, 0.6) is 0 Å². The van der Waals surface area contributed by atoms with Crippen LogP contribution in [0.3, 0.4) is 0 Å². The quantitative estimate of drug-likeness (QED) is 0.351. The van der Waals surface area contributed by atoms with E-state index in [1.807, 2.05) is 36.1 Å². The Bertz CT molecular complexity index is 515. The van der Waals surface area contributed by atoms with Crippen molar-refractivity contribution in [3.8, 4) is 0 Å². The van der Waals surface area contributed by atoms with Gasteiger partial charge >= 0.3 is 141 Å². The van der Waals surface area contributed by atoms with Crippen molar-refractivity contribution in [1.29, 1.82) is 0 Å². The van der Waals surface area contributed by atoms with Crippen molar-refractivity contribution in [3.63, 3.8) is 0 Å². The molecule has 2 heteroatoms. The minimum absolute atomic E-state index is 0.912. The number of rotatable bonds is 9. The van der Waals surface area contributed by atoms with Gasteiger partial charge in [-0.25, -0.2) is 0 Å². The zero-order chi connectivity index (χ0) is 15.0. The molecule has 0 aliphatic rings. The molecule has 103 valence electrons. The predicted molar refractivity (Wildman–Crippen MR) is 94.5 cm³/mol. The fourth-order valence-corrected chi connectivity index (χ4v) is 4.40. The van der Waals surface area contributed by atoms with Gasteiger partial charge < -0.3 is 0 Å². The van der Waals surface area contributed by atoms with E-state index in [2.05, 4.69) is 32.4 Å². The molecule has 1 rings (SSSR count). The molecule has 0 spiro atoms. The monoisotopic (exact) mass is 389 g/mol. The van der Waals surface area contributed by atoms with E-state index in [0.717, 1.165) is 25.0 Å². The maximum atomic E-state index is 3.92. The van der Waals surface area contributed by atoms with E-state index in [1.165, 1.54) is 47.7 Å². The molecule has 0 amide bonds. The van der Waals surface area contributed by atoms with Crippen LogP contribution in [0.1, 0.15) is 16.7 Å². The van der Waals surface area contributed by atoms with Crippen molar-refractivity contribution < 1.29 is 0 Å². The molecule has 20 heavy (non-hydrogen) atoms. The molecule has 0 unspecified atom stereocenters. The second-order valence-corrected chi connectivity index (χ2v) is 7.02. The van der Waals surface area contributed by atoms with E-state index in [-0.39, 0.29) is 0 Å². The third-order valence-electron chi connectivity index (χ3n) is 2.98. The molecule has 1 aromatic rings. The van der Waals surface area contributed by atoms with Crippen molar-refractivity contribution in [3.05, 3.63) is 73.4 Å². The van der Waals surface area contributed by atoms with Crippen molar-refractivity contribution in [2.24, 2.45) is 0 Å². The normalized spacial score (nSPS) is 10.1. The molecular formula is C18H21SSn. The Kier molecular flexibility index (Phi) is 8.08. The molecule has 0 saturated heterocycles. The van der Waals surface area contributed by atoms with Crippen LogP contribution < -0.4 is 3.58 Å². The molecular weight excluding hydrogens is 367 g/mol. The Balaban J connectivity index is 3.46. The molecule has 0 heterocycles. The van der Waals surface area contributed by atoms with Crippen molar-refractivity contribution >= 4 is 37.9 Å². The van der Waals surface area contributed by atoms with Gasteiger partial charge in [-0.2, -0.15) is 0 Å². The summed E-state index contributed by atoms with van der Waals surface area (Å²) in [5.41, 5.74) is 4.22. The standard InChI is InChI=1S/C18H21S.Sn/c1-5-9-15-12-13-16(10-6-2)18(19-14-8-4)17(15)11-7-3;/h5-8,13H,1-4,9-11,14H2;. The van der Waals surface area contributed by atoms with Crippen LogP contribution >= 0.6 is 11.8 Å². The molecule has 0 saturated carbocycles. The predicted octanol–water partition coefficient (Wildman–Crippen LogP) is 3.94. The van der Waals surface area contributed by atoms with Gasteiger partial charge in [-0.05, 0) is 0 Å². The van der Waals surface area contributed by atoms with Gasteiger partial charge in [-0.3, -0.25) is 0 Å². The first-order valence-electron chi connectivity index (χ1n) is 6.65. The fourth-order valence-electron chi connectivity index (χ4n) is 2.19. The summed E-state index contributed by atoms with van der Waals surface area (Å²) >= 11 is 3.32. The average molecular weight is 388 g/mol. The SMILES string of the molecule is C=CCSc1c(CC=C)c[c]([Sn])c(CC=C)c1CC=C. The second kappa shape index (κ2) is 9.30. The summed E-state index contributed by atoms with van der Waals surface area (Å²) in [6.07, 6.45) is 10.7. The molecule has 0 aliphatic carbocycles. The van der Waals surface area contributed by atoms with Gasteiger partial charge in [0.2, 0.25) is 0 Å². The number of allylic oxidation sites excluding steroid dienone is 3. The van der Waals surface area contributed by atoms with Gasteiger partial charge in [-0.15, -0.1) is 0 Å². The van der Waals surface area contributed by atoms with Crippen molar-refractivity contribution in [2.45, 2.75) is 24.2 Å². The number of benzene rings is 1. The summed E-state index contributed by atoms with van der Waals surface area (Å²) in [7, 11) is 0. The number of hydrogen-bond donors (Lipinski definition) is 0. The molecule has 0 aromatic heterocycles. The van der Waals surface area contributed by atoms with Gasteiger partial charge in [0.05, 0.1) is 0 Å². The van der Waals surface area contributed by atoms with E-state index in [0.29, 0.717) is 0 Å². The third kappa shape index (κ3) is 4.42. The van der Waals surface area contributed by atoms with Crippen LogP contribution in [-0.2, 0) is 19.3 Å². The molecule has 0 bridgehead atoms. The molecule has 0 aliphatic heterocycles. The molecule has 3 radical (unpaired) electrons. The zero-order valence-electron chi connectivity index (χ0n) is 12.0. The summed E-state index contributed by atoms with van der Waals surface area (Å²) in [6, 6.07) is 2.33. The maximum absolute atomic E-state index is 3.92. The van der Waals surface area contributed by atoms with Gasteiger partial charge in [0, 0.05) is 0 Å². The van der Waals surface area contributed by atoms with Crippen LogP contribution in [0.2, 0.25) is 0 Å². The Morgan fingerprint density at radius 1 is 0.900 bits per heavy atom. The Morgan fingerprint density at radius 3 is 2.05 bits per heavy atom. The molecule has 1 aromatic carbocycles. The summed E-state index contributed by atoms with van der Waals surface area (Å²) in [5, 5.41) is 0. The molecule has 0 N–H and O–H groups in total. The van der Waals surface area contributed by atoms with Crippen molar-refractivity contribution in [2.75, 3.05) is 5.75 Å². The molecule has 0 fully saturated rings. The number of hydrogen-bond acceptors (Lipinski definition) is 1. The van der Waals surface area contributed by atoms with E-state index in [4.69, 9.17) is 0 Å². The van der Waals surface area contributed by atoms with E-state index < -0.39 is 0 Å². The van der Waals surface area contributed by atoms with Gasteiger partial charge in [0.15, 0.2) is 0 Å². The van der Waals surface area contributed by atoms with E-state index in [9.17, 15) is 0 Å². The number of thioether (sulfide) groups is 1. The topological polar surface area (TPSA) is 0 Å². The second-order valence-electron chi connectivity index (χ2n) is 4.45. The van der Waals surface area contributed by atoms with Crippen LogP contribution in [0, 0.1) is 0 Å². The van der Waals surface area contributed by atoms with Crippen LogP contribution in [-0.4, -0.2) is 28.3 Å². The summed E-state index contributed by atoms with van der Waals surface area (Å²) in [5.74, 6) is 0.929. The van der Waals surface area contributed by atoms with Gasteiger partial charge in [0.25, 0.3) is 0 Å². The van der Waals surface area contributed by atoms with E-state index >= 15 is 0 Å². The summed E-state index contributed by atoms with van der Waals surface area (Å²) < 4.78 is 1.42. The fraction of sp³-hybridized carbons (Fsp3) is 0.222. The Labute approximate surface area is 140 Å². The average Bonchev–Trinajstić information content (AvgIpc) is 2.43. The first-order valence-corrected chi connectivity index (χ1v) is 9.06. The summed E-state index contributed by atoms with van der Waals surface area (Å²) in [6.45, 7) is 15.5. The zero-order valence-corrected chi connectivity index (χ0v) is 15.6. The van der Waals surface area contributed by atoms with Crippen LogP contribution in [0.25, 0.3) is 0 Å². The molecule has 0 atom stereocenters. The Hall–Kier alpha value is -0.671. The first kappa shape index (κ1) is 17.4. The van der Waals surface area contributed by atoms with Gasteiger partial charge in [-0.1, -0.05) is 0 Å². The van der Waals surface area contributed by atoms with Crippen LogP contribution in [0.4, 0.5) is 0 Å².